The summed E-state index contributed by atoms with van der Waals surface area (Å²) in [6.07, 6.45) is 0. The number of hydrogen-bond acceptors (Lipinski definition) is 1. The van der Waals surface area contributed by atoms with E-state index in [-0.39, 0.29) is 5.41 Å². The Morgan fingerprint density at radius 1 is 0.840 bits per heavy atom. The first kappa shape index (κ1) is 15.0. The summed E-state index contributed by atoms with van der Waals surface area (Å²) in [6.45, 7) is 9.06. The van der Waals surface area contributed by atoms with Gasteiger partial charge in [-0.2, -0.15) is 0 Å². The van der Waals surface area contributed by atoms with Crippen LogP contribution in [0.15, 0.2) is 71.7 Å². The fourth-order valence-corrected chi connectivity index (χ4v) is 4.79. The molecule has 0 radical (unpaired) electrons. The van der Waals surface area contributed by atoms with Crippen molar-refractivity contribution in [3.63, 3.8) is 0 Å². The van der Waals surface area contributed by atoms with E-state index in [1.165, 1.54) is 39.3 Å². The van der Waals surface area contributed by atoms with Gasteiger partial charge in [-0.25, -0.2) is 0 Å². The lowest BCUT2D eigenvalue weighted by molar-refractivity contribution is 0.630. The molecule has 0 unspecified atom stereocenters. The zero-order valence-electron chi connectivity index (χ0n) is 14.3. The SMILES string of the molecule is C=C1c2ccccc2N2c3ccccc3C(C)(C)c3cc(Br)cc1c32. The maximum atomic E-state index is 4.43. The van der Waals surface area contributed by atoms with Crippen LogP contribution in [-0.4, -0.2) is 0 Å². The number of hydrogen-bond donors (Lipinski definition) is 0. The molecule has 2 aliphatic heterocycles. The molecule has 2 aliphatic rings. The molecule has 3 aromatic carbocycles. The van der Waals surface area contributed by atoms with E-state index in [1.54, 1.807) is 0 Å². The van der Waals surface area contributed by atoms with Crippen molar-refractivity contribution < 1.29 is 0 Å². The highest BCUT2D eigenvalue weighted by Gasteiger charge is 2.41. The number of halogens is 1. The van der Waals surface area contributed by atoms with Crippen molar-refractivity contribution in [1.29, 1.82) is 0 Å². The Morgan fingerprint density at radius 3 is 2.32 bits per heavy atom. The monoisotopic (exact) mass is 387 g/mol. The van der Waals surface area contributed by atoms with Crippen LogP contribution in [0.1, 0.15) is 36.1 Å². The first-order valence-electron chi connectivity index (χ1n) is 8.52. The van der Waals surface area contributed by atoms with Gasteiger partial charge in [-0.1, -0.05) is 72.8 Å². The van der Waals surface area contributed by atoms with Crippen LogP contribution in [0.3, 0.4) is 0 Å². The van der Waals surface area contributed by atoms with Crippen LogP contribution in [0.5, 0.6) is 0 Å². The molecule has 0 saturated carbocycles. The zero-order chi connectivity index (χ0) is 17.3. The Morgan fingerprint density at radius 2 is 1.52 bits per heavy atom. The van der Waals surface area contributed by atoms with Gasteiger partial charge in [0.25, 0.3) is 0 Å². The molecule has 122 valence electrons. The molecule has 25 heavy (non-hydrogen) atoms. The van der Waals surface area contributed by atoms with Crippen molar-refractivity contribution in [2.24, 2.45) is 0 Å². The van der Waals surface area contributed by atoms with Crippen LogP contribution in [0, 0.1) is 0 Å². The lowest BCUT2D eigenvalue weighted by Crippen LogP contribution is -2.33. The van der Waals surface area contributed by atoms with Crippen molar-refractivity contribution in [1.82, 2.24) is 0 Å². The van der Waals surface area contributed by atoms with Gasteiger partial charge in [-0.05, 0) is 41.0 Å². The Bertz CT molecular complexity index is 1060. The number of anilines is 3. The summed E-state index contributed by atoms with van der Waals surface area (Å²) < 4.78 is 1.11. The van der Waals surface area contributed by atoms with Gasteiger partial charge in [0, 0.05) is 21.0 Å². The second-order valence-corrected chi connectivity index (χ2v) is 8.24. The minimum absolute atomic E-state index is 0.0620. The van der Waals surface area contributed by atoms with Crippen LogP contribution < -0.4 is 4.90 Å². The smallest absolute Gasteiger partial charge is 0.0582 e. The third kappa shape index (κ3) is 1.83. The molecule has 0 N–H and O–H groups in total. The van der Waals surface area contributed by atoms with Gasteiger partial charge in [-0.3, -0.25) is 0 Å². The van der Waals surface area contributed by atoms with Gasteiger partial charge >= 0.3 is 0 Å². The molecule has 5 rings (SSSR count). The van der Waals surface area contributed by atoms with E-state index in [0.29, 0.717) is 0 Å². The van der Waals surface area contributed by atoms with Gasteiger partial charge in [0.05, 0.1) is 17.1 Å². The quantitative estimate of drug-likeness (QED) is 0.316. The van der Waals surface area contributed by atoms with E-state index in [4.69, 9.17) is 0 Å². The lowest BCUT2D eigenvalue weighted by atomic mass is 9.71. The van der Waals surface area contributed by atoms with Crippen molar-refractivity contribution in [2.75, 3.05) is 4.90 Å². The van der Waals surface area contributed by atoms with Gasteiger partial charge in [0.2, 0.25) is 0 Å². The molecule has 0 aliphatic carbocycles. The molecule has 1 nitrogen and oxygen atoms in total. The van der Waals surface area contributed by atoms with Crippen molar-refractivity contribution in [3.05, 3.63) is 94.0 Å². The summed E-state index contributed by atoms with van der Waals surface area (Å²) in [5.41, 5.74) is 9.90. The molecule has 0 aromatic heterocycles. The molecule has 3 aromatic rings. The van der Waals surface area contributed by atoms with Gasteiger partial charge < -0.3 is 4.90 Å². The molecular formula is C23H18BrN. The summed E-state index contributed by atoms with van der Waals surface area (Å²) in [5, 5.41) is 0. The molecule has 0 amide bonds. The number of rotatable bonds is 0. The molecular weight excluding hydrogens is 370 g/mol. The fraction of sp³-hybridized carbons (Fsp3) is 0.130. The minimum atomic E-state index is -0.0620. The summed E-state index contributed by atoms with van der Waals surface area (Å²) in [5.74, 6) is 0. The predicted molar refractivity (Wildman–Crippen MR) is 109 cm³/mol. The maximum Gasteiger partial charge on any atom is 0.0582 e. The molecule has 0 atom stereocenters. The average Bonchev–Trinajstić information content (AvgIpc) is 2.61. The van der Waals surface area contributed by atoms with Gasteiger partial charge in [-0.15, -0.1) is 0 Å². The Hall–Kier alpha value is -2.32. The number of fused-ring (bicyclic) bond motifs is 4. The minimum Gasteiger partial charge on any atom is -0.309 e. The van der Waals surface area contributed by atoms with E-state index < -0.39 is 0 Å². The van der Waals surface area contributed by atoms with E-state index in [9.17, 15) is 0 Å². The van der Waals surface area contributed by atoms with Crippen LogP contribution >= 0.6 is 15.9 Å². The van der Waals surface area contributed by atoms with Gasteiger partial charge in [0.15, 0.2) is 0 Å². The summed E-state index contributed by atoms with van der Waals surface area (Å²) in [4.78, 5) is 2.42. The number of para-hydroxylation sites is 2. The van der Waals surface area contributed by atoms with Gasteiger partial charge in [0.1, 0.15) is 0 Å². The number of benzene rings is 3. The zero-order valence-corrected chi connectivity index (χ0v) is 15.9. The van der Waals surface area contributed by atoms with Crippen LogP contribution in [0.2, 0.25) is 0 Å². The summed E-state index contributed by atoms with van der Waals surface area (Å²) in [7, 11) is 0. The normalized spacial score (nSPS) is 16.1. The predicted octanol–water partition coefficient (Wildman–Crippen LogP) is 6.93. The van der Waals surface area contributed by atoms with E-state index in [1.807, 2.05) is 0 Å². The Balaban J connectivity index is 1.97. The topological polar surface area (TPSA) is 3.24 Å². The Labute approximate surface area is 156 Å². The Kier molecular flexibility index (Phi) is 2.91. The molecule has 0 saturated heterocycles. The largest absolute Gasteiger partial charge is 0.309 e. The average molecular weight is 388 g/mol. The lowest BCUT2D eigenvalue weighted by Gasteiger charge is -2.46. The third-order valence-corrected chi connectivity index (χ3v) is 6.04. The summed E-state index contributed by atoms with van der Waals surface area (Å²) in [6, 6.07) is 21.8. The van der Waals surface area contributed by atoms with Crippen LogP contribution in [-0.2, 0) is 5.41 Å². The van der Waals surface area contributed by atoms with Crippen LogP contribution in [0.25, 0.3) is 5.57 Å². The first-order valence-corrected chi connectivity index (χ1v) is 9.32. The molecule has 0 bridgehead atoms. The van der Waals surface area contributed by atoms with Crippen molar-refractivity contribution >= 4 is 38.6 Å². The second-order valence-electron chi connectivity index (χ2n) is 7.32. The second kappa shape index (κ2) is 4.86. The molecule has 0 fully saturated rings. The maximum absolute atomic E-state index is 4.43. The fourth-order valence-electron chi connectivity index (χ4n) is 4.33. The highest BCUT2D eigenvalue weighted by Crippen LogP contribution is 2.58. The molecule has 2 heterocycles. The van der Waals surface area contributed by atoms with E-state index >= 15 is 0 Å². The standard InChI is InChI=1S/C23H18BrN/c1-14-16-8-4-6-10-20(16)25-21-11-7-5-9-18(21)23(2,3)19-13-15(24)12-17(14)22(19)25/h4-13H,1H2,2-3H3. The first-order chi connectivity index (χ1) is 12.0. The van der Waals surface area contributed by atoms with Crippen molar-refractivity contribution in [2.45, 2.75) is 19.3 Å². The molecule has 0 spiro atoms. The molecule has 2 heteroatoms. The summed E-state index contributed by atoms with van der Waals surface area (Å²) >= 11 is 3.73. The van der Waals surface area contributed by atoms with E-state index in [0.717, 1.165) is 10.0 Å². The number of nitrogens with zero attached hydrogens (tertiary/aromatic N) is 1. The van der Waals surface area contributed by atoms with E-state index in [2.05, 4.69) is 102 Å². The highest BCUT2D eigenvalue weighted by atomic mass is 79.9. The third-order valence-electron chi connectivity index (χ3n) is 5.59. The van der Waals surface area contributed by atoms with Crippen molar-refractivity contribution in [3.8, 4) is 0 Å². The highest BCUT2D eigenvalue weighted by molar-refractivity contribution is 9.10. The van der Waals surface area contributed by atoms with Crippen LogP contribution in [0.4, 0.5) is 17.1 Å².